The maximum absolute atomic E-state index is 12.8. The summed E-state index contributed by atoms with van der Waals surface area (Å²) >= 11 is 5.99. The van der Waals surface area contributed by atoms with Gasteiger partial charge in [-0.1, -0.05) is 53.8 Å². The van der Waals surface area contributed by atoms with Gasteiger partial charge in [0.15, 0.2) is 0 Å². The van der Waals surface area contributed by atoms with Crippen molar-refractivity contribution >= 4 is 44.1 Å². The molecule has 3 aromatic carbocycles. The average molecular weight is 414 g/mol. The highest BCUT2D eigenvalue weighted by Gasteiger charge is 2.16. The third kappa shape index (κ3) is 4.83. The van der Waals surface area contributed by atoms with Gasteiger partial charge < -0.3 is 5.11 Å². The highest BCUT2D eigenvalue weighted by Crippen LogP contribution is 2.25. The number of halogens is 1. The lowest BCUT2D eigenvalue weighted by Crippen LogP contribution is -2.13. The van der Waals surface area contributed by atoms with Gasteiger partial charge in [0.1, 0.15) is 0 Å². The molecule has 0 bridgehead atoms. The molecule has 0 aromatic heterocycles. The molecule has 3 rings (SSSR count). The molecule has 0 atom stereocenters. The van der Waals surface area contributed by atoms with Crippen LogP contribution in [-0.2, 0) is 14.8 Å². The second-order valence-electron chi connectivity index (χ2n) is 6.00. The van der Waals surface area contributed by atoms with Crippen LogP contribution in [0.15, 0.2) is 65.6 Å². The Kier molecular flexibility index (Phi) is 5.88. The molecule has 0 amide bonds. The van der Waals surface area contributed by atoms with Gasteiger partial charge in [0.2, 0.25) is 0 Å². The van der Waals surface area contributed by atoms with Crippen LogP contribution in [0, 0.1) is 11.8 Å². The topological polar surface area (TPSA) is 83.5 Å². The molecule has 0 spiro atoms. The van der Waals surface area contributed by atoms with Crippen LogP contribution in [0.4, 0.5) is 5.69 Å². The van der Waals surface area contributed by atoms with Crippen molar-refractivity contribution in [2.45, 2.75) is 17.7 Å². The molecular weight excluding hydrogens is 398 g/mol. The van der Waals surface area contributed by atoms with Crippen LogP contribution >= 0.6 is 11.6 Å². The van der Waals surface area contributed by atoms with Crippen LogP contribution in [0.1, 0.15) is 18.4 Å². The van der Waals surface area contributed by atoms with E-state index in [4.69, 9.17) is 16.7 Å². The third-order valence-corrected chi connectivity index (χ3v) is 5.54. The number of carboxylic acid groups (broad SMARTS) is 1. The van der Waals surface area contributed by atoms with E-state index >= 15 is 0 Å². The number of aliphatic carboxylic acids is 1. The molecule has 142 valence electrons. The summed E-state index contributed by atoms with van der Waals surface area (Å²) in [7, 11) is -3.84. The lowest BCUT2D eigenvalue weighted by molar-refractivity contribution is -0.136. The zero-order valence-electron chi connectivity index (χ0n) is 14.6. The number of benzene rings is 3. The quantitative estimate of drug-likeness (QED) is 0.603. The van der Waals surface area contributed by atoms with Gasteiger partial charge in [-0.2, -0.15) is 0 Å². The van der Waals surface area contributed by atoms with E-state index in [2.05, 4.69) is 16.6 Å². The van der Waals surface area contributed by atoms with Gasteiger partial charge in [-0.25, -0.2) is 8.42 Å². The van der Waals surface area contributed by atoms with Crippen molar-refractivity contribution in [3.8, 4) is 11.8 Å². The smallest absolute Gasteiger partial charge is 0.304 e. The molecular formula is C21H16ClNO4S. The summed E-state index contributed by atoms with van der Waals surface area (Å²) in [4.78, 5) is 10.7. The summed E-state index contributed by atoms with van der Waals surface area (Å²) in [5, 5.41) is 10.8. The summed E-state index contributed by atoms with van der Waals surface area (Å²) < 4.78 is 28.2. The molecule has 3 aromatic rings. The number of carbonyl (C=O) groups is 1. The van der Waals surface area contributed by atoms with Gasteiger partial charge in [0.05, 0.1) is 22.6 Å². The molecule has 5 nitrogen and oxygen atoms in total. The molecule has 0 aliphatic rings. The van der Waals surface area contributed by atoms with Gasteiger partial charge in [-0.3, -0.25) is 9.52 Å². The van der Waals surface area contributed by atoms with E-state index in [1.54, 1.807) is 24.3 Å². The Morgan fingerprint density at radius 3 is 2.54 bits per heavy atom. The molecule has 0 unspecified atom stereocenters. The van der Waals surface area contributed by atoms with E-state index in [1.165, 1.54) is 12.1 Å². The van der Waals surface area contributed by atoms with Gasteiger partial charge in [-0.05, 0) is 41.1 Å². The minimum Gasteiger partial charge on any atom is -0.481 e. The van der Waals surface area contributed by atoms with E-state index in [9.17, 15) is 13.2 Å². The zero-order chi connectivity index (χ0) is 20.1. The van der Waals surface area contributed by atoms with Gasteiger partial charge in [-0.15, -0.1) is 0 Å². The first-order valence-corrected chi connectivity index (χ1v) is 10.2. The molecule has 7 heteroatoms. The van der Waals surface area contributed by atoms with Crippen LogP contribution in [-0.4, -0.2) is 19.5 Å². The predicted molar refractivity (Wildman–Crippen MR) is 110 cm³/mol. The average Bonchev–Trinajstić information content (AvgIpc) is 2.66. The molecule has 0 saturated carbocycles. The fourth-order valence-electron chi connectivity index (χ4n) is 2.57. The van der Waals surface area contributed by atoms with E-state index < -0.39 is 16.0 Å². The standard InChI is InChI=1S/C21H16ClNO4S/c22-18-10-12-20(17(13-18)7-3-4-8-21(24)25)23-28(26,27)19-11-9-15-5-1-2-6-16(15)14-19/h1-2,5-6,9-14,23H,4,8H2,(H,24,25). The van der Waals surface area contributed by atoms with Crippen molar-refractivity contribution in [2.24, 2.45) is 0 Å². The highest BCUT2D eigenvalue weighted by atomic mass is 35.5. The summed E-state index contributed by atoms with van der Waals surface area (Å²) in [5.41, 5.74) is 0.655. The van der Waals surface area contributed by atoms with Crippen LogP contribution < -0.4 is 4.72 Å². The minimum absolute atomic E-state index is 0.0916. The number of hydrogen-bond acceptors (Lipinski definition) is 3. The Balaban J connectivity index is 1.91. The SMILES string of the molecule is O=C(O)CCC#Cc1cc(Cl)ccc1NS(=O)(=O)c1ccc2ccccc2c1. The Morgan fingerprint density at radius 2 is 1.79 bits per heavy atom. The molecule has 0 radical (unpaired) electrons. The number of rotatable bonds is 5. The van der Waals surface area contributed by atoms with E-state index in [0.717, 1.165) is 10.8 Å². The van der Waals surface area contributed by atoms with Crippen LogP contribution in [0.5, 0.6) is 0 Å². The maximum atomic E-state index is 12.8. The molecule has 2 N–H and O–H groups in total. The Bertz CT molecular complexity index is 1210. The monoisotopic (exact) mass is 413 g/mol. The second kappa shape index (κ2) is 8.34. The Labute approximate surface area is 168 Å². The summed E-state index contributed by atoms with van der Waals surface area (Å²) in [6.07, 6.45) is 0.0599. The largest absolute Gasteiger partial charge is 0.481 e. The van der Waals surface area contributed by atoms with E-state index in [0.29, 0.717) is 10.6 Å². The van der Waals surface area contributed by atoms with Gasteiger partial charge in [0.25, 0.3) is 10.0 Å². The number of hydrogen-bond donors (Lipinski definition) is 2. The number of nitrogens with one attached hydrogen (secondary N) is 1. The van der Waals surface area contributed by atoms with Crippen molar-refractivity contribution in [1.29, 1.82) is 0 Å². The van der Waals surface area contributed by atoms with Gasteiger partial charge >= 0.3 is 5.97 Å². The van der Waals surface area contributed by atoms with Crippen molar-refractivity contribution in [1.82, 2.24) is 0 Å². The van der Waals surface area contributed by atoms with Crippen molar-refractivity contribution < 1.29 is 18.3 Å². The molecule has 0 aliphatic heterocycles. The summed E-state index contributed by atoms with van der Waals surface area (Å²) in [6.45, 7) is 0. The summed E-state index contributed by atoms with van der Waals surface area (Å²) in [5.74, 6) is 4.57. The second-order valence-corrected chi connectivity index (χ2v) is 8.12. The number of sulfonamides is 1. The number of carboxylic acids is 1. The molecule has 28 heavy (non-hydrogen) atoms. The third-order valence-electron chi connectivity index (χ3n) is 3.94. The fraction of sp³-hybridized carbons (Fsp3) is 0.0952. The van der Waals surface area contributed by atoms with Crippen LogP contribution in [0.3, 0.4) is 0 Å². The van der Waals surface area contributed by atoms with Crippen molar-refractivity contribution in [3.63, 3.8) is 0 Å². The summed E-state index contributed by atoms with van der Waals surface area (Å²) in [6, 6.07) is 17.0. The van der Waals surface area contributed by atoms with Crippen molar-refractivity contribution in [3.05, 3.63) is 71.2 Å². The van der Waals surface area contributed by atoms with E-state index in [-0.39, 0.29) is 23.4 Å². The normalized spacial score (nSPS) is 10.9. The first-order valence-electron chi connectivity index (χ1n) is 8.37. The zero-order valence-corrected chi connectivity index (χ0v) is 16.2. The van der Waals surface area contributed by atoms with Crippen LogP contribution in [0.25, 0.3) is 10.8 Å². The maximum Gasteiger partial charge on any atom is 0.304 e. The first kappa shape index (κ1) is 19.7. The number of fused-ring (bicyclic) bond motifs is 1. The lowest BCUT2D eigenvalue weighted by atomic mass is 10.1. The predicted octanol–water partition coefficient (Wildman–Crippen LogP) is 4.51. The Hall–Kier alpha value is -3.01. The number of anilines is 1. The Morgan fingerprint density at radius 1 is 1.04 bits per heavy atom. The highest BCUT2D eigenvalue weighted by molar-refractivity contribution is 7.92. The molecule has 0 fully saturated rings. The molecule has 0 aliphatic carbocycles. The lowest BCUT2D eigenvalue weighted by Gasteiger charge is -2.11. The molecule has 0 heterocycles. The van der Waals surface area contributed by atoms with Gasteiger partial charge in [0, 0.05) is 11.4 Å². The fourth-order valence-corrected chi connectivity index (χ4v) is 3.86. The van der Waals surface area contributed by atoms with E-state index in [1.807, 2.05) is 24.3 Å². The molecule has 0 saturated heterocycles. The minimum atomic E-state index is -3.84. The van der Waals surface area contributed by atoms with Crippen molar-refractivity contribution in [2.75, 3.05) is 4.72 Å². The van der Waals surface area contributed by atoms with Crippen LogP contribution in [0.2, 0.25) is 5.02 Å². The first-order chi connectivity index (χ1) is 13.3.